The van der Waals surface area contributed by atoms with Crippen LogP contribution < -0.4 is 11.2 Å². The third-order valence-electron chi connectivity index (χ3n) is 4.42. The number of unbranched alkanes of at least 4 members (excludes halogenated alkanes) is 1. The van der Waals surface area contributed by atoms with Crippen molar-refractivity contribution in [3.05, 3.63) is 44.1 Å². The van der Waals surface area contributed by atoms with Crippen LogP contribution in [0, 0.1) is 13.8 Å². The van der Waals surface area contributed by atoms with Gasteiger partial charge in [0.2, 0.25) is 0 Å². The number of carboxylic acid groups (broad SMARTS) is 1. The Balaban J connectivity index is 1.99. The predicted octanol–water partition coefficient (Wildman–Crippen LogP) is 1.61. The minimum absolute atomic E-state index is 0.155. The molecule has 9 heteroatoms. The summed E-state index contributed by atoms with van der Waals surface area (Å²) in [6.45, 7) is 4.57. The summed E-state index contributed by atoms with van der Waals surface area (Å²) in [6, 6.07) is 3.93. The summed E-state index contributed by atoms with van der Waals surface area (Å²) in [5, 5.41) is 9.90. The first kappa shape index (κ1) is 19.3. The minimum atomic E-state index is -0.743. The Labute approximate surface area is 161 Å². The quantitative estimate of drug-likeness (QED) is 0.333. The Morgan fingerprint density at radius 2 is 1.93 bits per heavy atom. The molecule has 2 N–H and O–H groups in total. The van der Waals surface area contributed by atoms with Crippen molar-refractivity contribution in [2.45, 2.75) is 43.7 Å². The number of aliphatic carboxylic acids is 1. The number of carboxylic acids is 1. The van der Waals surface area contributed by atoms with Crippen molar-refractivity contribution < 1.29 is 9.90 Å². The van der Waals surface area contributed by atoms with E-state index in [4.69, 9.17) is 5.11 Å². The maximum atomic E-state index is 12.2. The molecule has 0 aliphatic carbocycles. The second kappa shape index (κ2) is 8.04. The van der Waals surface area contributed by atoms with E-state index in [2.05, 4.69) is 15.0 Å². The number of rotatable bonds is 7. The number of aryl methyl sites for hydroxylation is 3. The summed E-state index contributed by atoms with van der Waals surface area (Å²) in [7, 11) is 0. The molecule has 0 amide bonds. The van der Waals surface area contributed by atoms with Gasteiger partial charge >= 0.3 is 161 Å². The molecule has 2 aliphatic rings. The van der Waals surface area contributed by atoms with Crippen LogP contribution >= 0.6 is 0 Å². The first-order valence-corrected chi connectivity index (χ1v) is 11.3. The van der Waals surface area contributed by atoms with Crippen molar-refractivity contribution in [2.75, 3.05) is 0 Å². The molecule has 0 unspecified atom stereocenters. The Hall–Kier alpha value is -2.47. The number of hydrogen-bond donors (Lipinski definition) is 2. The van der Waals surface area contributed by atoms with Gasteiger partial charge in [0, 0.05) is 0 Å². The van der Waals surface area contributed by atoms with Crippen LogP contribution in [0.2, 0.25) is 10.4 Å². The molecule has 27 heavy (non-hydrogen) atoms. The van der Waals surface area contributed by atoms with Gasteiger partial charge in [0.25, 0.3) is 0 Å². The average molecular weight is 431 g/mol. The van der Waals surface area contributed by atoms with Crippen LogP contribution in [0.1, 0.15) is 24.0 Å². The van der Waals surface area contributed by atoms with Crippen LogP contribution in [0.15, 0.2) is 21.7 Å². The second-order valence-electron chi connectivity index (χ2n) is 6.44. The molecule has 141 valence electrons. The molecule has 0 spiro atoms. The normalized spacial score (nSPS) is 11.8. The van der Waals surface area contributed by atoms with Gasteiger partial charge in [0.1, 0.15) is 0 Å². The van der Waals surface area contributed by atoms with E-state index >= 15 is 0 Å². The molecule has 2 aliphatic heterocycles. The number of fused-ring (bicyclic) bond motifs is 2. The maximum absolute atomic E-state index is 12.2. The number of H-pyrrole nitrogens is 1. The van der Waals surface area contributed by atoms with Crippen molar-refractivity contribution in [1.82, 2.24) is 19.5 Å². The van der Waals surface area contributed by atoms with E-state index in [-0.39, 0.29) is 26.7 Å². The van der Waals surface area contributed by atoms with E-state index in [1.54, 1.807) is 0 Å². The number of aromatic amines is 1. The van der Waals surface area contributed by atoms with Crippen molar-refractivity contribution >= 4 is 32.8 Å². The molecular formula is C18H20AsN4O4. The third kappa shape index (κ3) is 4.27. The molecule has 0 bridgehead atoms. The van der Waals surface area contributed by atoms with Crippen molar-refractivity contribution in [2.24, 2.45) is 0 Å². The van der Waals surface area contributed by atoms with Crippen molar-refractivity contribution in [3.63, 3.8) is 0 Å². The third-order valence-corrected chi connectivity index (χ3v) is 6.78. The van der Waals surface area contributed by atoms with Gasteiger partial charge in [-0.1, -0.05) is 0 Å². The zero-order valence-corrected chi connectivity index (χ0v) is 17.0. The number of nitrogens with one attached hydrogen (secondary N) is 1. The Morgan fingerprint density at radius 3 is 2.67 bits per heavy atom. The van der Waals surface area contributed by atoms with E-state index in [0.717, 1.165) is 34.7 Å². The molecule has 1 aromatic rings. The van der Waals surface area contributed by atoms with Gasteiger partial charge in [-0.05, 0) is 0 Å². The second-order valence-corrected chi connectivity index (χ2v) is 8.98. The van der Waals surface area contributed by atoms with E-state index in [1.165, 1.54) is 0 Å². The Morgan fingerprint density at radius 1 is 1.19 bits per heavy atom. The summed E-state index contributed by atoms with van der Waals surface area (Å²) in [6.07, 6.45) is 1.70. The van der Waals surface area contributed by atoms with Gasteiger partial charge in [0.15, 0.2) is 0 Å². The Bertz CT molecular complexity index is 1090. The van der Waals surface area contributed by atoms with Gasteiger partial charge in [0.05, 0.1) is 0 Å². The molecule has 1 radical (unpaired) electrons. The first-order valence-electron chi connectivity index (χ1n) is 8.63. The molecule has 0 saturated carbocycles. The van der Waals surface area contributed by atoms with Gasteiger partial charge in [-0.2, -0.15) is 0 Å². The average Bonchev–Trinajstić information content (AvgIpc) is 2.59. The molecule has 0 atom stereocenters. The fourth-order valence-electron chi connectivity index (χ4n) is 2.94. The van der Waals surface area contributed by atoms with Gasteiger partial charge in [-0.3, -0.25) is 0 Å². The van der Waals surface area contributed by atoms with Gasteiger partial charge in [-0.15, -0.1) is 0 Å². The molecule has 2 heterocycles. The predicted molar refractivity (Wildman–Crippen MR) is 103 cm³/mol. The number of aromatic nitrogens is 4. The van der Waals surface area contributed by atoms with Crippen molar-refractivity contribution in [1.29, 1.82) is 0 Å². The molecule has 3 rings (SSSR count). The summed E-state index contributed by atoms with van der Waals surface area (Å²) in [5.74, 6) is -0.453. The van der Waals surface area contributed by atoms with Gasteiger partial charge in [-0.25, -0.2) is 0 Å². The fourth-order valence-corrected chi connectivity index (χ4v) is 4.62. The SMILES string of the molecule is Cc1cc2nc3c(=O)[nH]c(=O)nc-3n(CCCC[As]CC(=O)O)c2cc1C. The molecule has 1 aromatic carbocycles. The number of benzene rings is 1. The number of hydrogen-bond acceptors (Lipinski definition) is 5. The first-order chi connectivity index (χ1) is 12.9. The van der Waals surface area contributed by atoms with Crippen LogP contribution in [0.5, 0.6) is 0 Å². The summed E-state index contributed by atoms with van der Waals surface area (Å²) < 4.78 is 1.88. The zero-order valence-electron chi connectivity index (χ0n) is 15.2. The summed E-state index contributed by atoms with van der Waals surface area (Å²) in [5.41, 5.74) is 2.63. The van der Waals surface area contributed by atoms with Crippen molar-refractivity contribution in [3.8, 4) is 11.5 Å². The van der Waals surface area contributed by atoms with Crippen LogP contribution in [-0.4, -0.2) is 46.3 Å². The Kier molecular flexibility index (Phi) is 5.75. The molecule has 0 fully saturated rings. The molecule has 0 saturated heterocycles. The molecular weight excluding hydrogens is 411 g/mol. The molecule has 8 nitrogen and oxygen atoms in total. The van der Waals surface area contributed by atoms with E-state index in [9.17, 15) is 14.4 Å². The van der Waals surface area contributed by atoms with Crippen LogP contribution in [-0.2, 0) is 11.3 Å². The zero-order chi connectivity index (χ0) is 19.6. The number of nitrogens with zero attached hydrogens (tertiary/aromatic N) is 3. The van der Waals surface area contributed by atoms with Crippen LogP contribution in [0.3, 0.4) is 0 Å². The van der Waals surface area contributed by atoms with E-state index in [1.807, 2.05) is 30.5 Å². The topological polar surface area (TPSA) is 118 Å². The summed E-state index contributed by atoms with van der Waals surface area (Å²) >= 11 is -0.188. The van der Waals surface area contributed by atoms with E-state index < -0.39 is 17.2 Å². The molecule has 0 aromatic heterocycles. The van der Waals surface area contributed by atoms with Gasteiger partial charge < -0.3 is 0 Å². The fraction of sp³-hybridized carbons (Fsp3) is 0.389. The van der Waals surface area contributed by atoms with Crippen LogP contribution in [0.25, 0.3) is 22.6 Å². The monoisotopic (exact) mass is 431 g/mol. The van der Waals surface area contributed by atoms with E-state index in [0.29, 0.717) is 17.9 Å². The summed E-state index contributed by atoms with van der Waals surface area (Å²) in [4.78, 5) is 45.1. The van der Waals surface area contributed by atoms with Crippen LogP contribution in [0.4, 0.5) is 0 Å². The number of carbonyl (C=O) groups is 1. The standard InChI is InChI=1S/C18H20AsN4O4/c1-10-7-12-13(8-11(10)2)23(6-4-3-5-19-9-14(24)25)16-15(20-12)17(26)22-18(27)21-16/h7-8H,3-6,9H2,1-2H3,(H,24,25)(H,22,26,27).